The lowest BCUT2D eigenvalue weighted by Gasteiger charge is -2.36. The zero-order valence-electron chi connectivity index (χ0n) is 13.8. The Hall–Kier alpha value is -1.43. The Labute approximate surface area is 157 Å². The van der Waals surface area contributed by atoms with Crippen LogP contribution in [0.5, 0.6) is 0 Å². The Bertz CT molecular complexity index is 694. The maximum absolute atomic E-state index is 5.56. The summed E-state index contributed by atoms with van der Waals surface area (Å²) in [4.78, 5) is 4.76. The SMILES string of the molecule is Cc1ccccc1CN1CCN(C(=S)Nc2ccc(Br)cc2)CC1. The summed E-state index contributed by atoms with van der Waals surface area (Å²) in [6.45, 7) is 7.21. The van der Waals surface area contributed by atoms with Gasteiger partial charge in [-0.1, -0.05) is 40.2 Å². The second kappa shape index (κ2) is 8.10. The van der Waals surface area contributed by atoms with Crippen LogP contribution >= 0.6 is 28.1 Å². The van der Waals surface area contributed by atoms with Crippen LogP contribution in [-0.2, 0) is 6.54 Å². The molecule has 5 heteroatoms. The van der Waals surface area contributed by atoms with Gasteiger partial charge in [0.05, 0.1) is 0 Å². The number of halogens is 1. The van der Waals surface area contributed by atoms with Gasteiger partial charge in [-0.15, -0.1) is 0 Å². The predicted octanol–water partition coefficient (Wildman–Crippen LogP) is 4.27. The number of nitrogens with one attached hydrogen (secondary N) is 1. The number of piperazine rings is 1. The Morgan fingerprint density at radius 3 is 2.38 bits per heavy atom. The molecular formula is C19H22BrN3S. The van der Waals surface area contributed by atoms with Crippen molar-refractivity contribution >= 4 is 38.9 Å². The summed E-state index contributed by atoms with van der Waals surface area (Å²) in [6.07, 6.45) is 0. The molecule has 2 aromatic rings. The molecule has 1 heterocycles. The summed E-state index contributed by atoms with van der Waals surface area (Å²) in [6, 6.07) is 16.7. The van der Waals surface area contributed by atoms with Crippen LogP contribution in [0.2, 0.25) is 0 Å². The van der Waals surface area contributed by atoms with Gasteiger partial charge in [0.1, 0.15) is 0 Å². The first-order chi connectivity index (χ1) is 11.6. The largest absolute Gasteiger partial charge is 0.346 e. The molecule has 3 nitrogen and oxygen atoms in total. The lowest BCUT2D eigenvalue weighted by atomic mass is 10.1. The van der Waals surface area contributed by atoms with Crippen molar-refractivity contribution in [3.8, 4) is 0 Å². The lowest BCUT2D eigenvalue weighted by Crippen LogP contribution is -2.49. The molecule has 0 amide bonds. The summed E-state index contributed by atoms with van der Waals surface area (Å²) in [5.74, 6) is 0. The second-order valence-electron chi connectivity index (χ2n) is 6.13. The van der Waals surface area contributed by atoms with Gasteiger partial charge < -0.3 is 10.2 Å². The van der Waals surface area contributed by atoms with Crippen molar-refractivity contribution in [3.05, 3.63) is 64.1 Å². The normalized spacial score (nSPS) is 15.3. The number of rotatable bonds is 3. The van der Waals surface area contributed by atoms with Crippen molar-refractivity contribution in [2.24, 2.45) is 0 Å². The Balaban J connectivity index is 1.50. The van der Waals surface area contributed by atoms with Gasteiger partial charge in [0.15, 0.2) is 5.11 Å². The molecular weight excluding hydrogens is 382 g/mol. The van der Waals surface area contributed by atoms with Crippen LogP contribution in [0.1, 0.15) is 11.1 Å². The summed E-state index contributed by atoms with van der Waals surface area (Å²) in [7, 11) is 0. The first-order valence-electron chi connectivity index (χ1n) is 8.20. The van der Waals surface area contributed by atoms with Gasteiger partial charge in [-0.25, -0.2) is 0 Å². The quantitative estimate of drug-likeness (QED) is 0.770. The molecule has 0 saturated carbocycles. The summed E-state index contributed by atoms with van der Waals surface area (Å²) < 4.78 is 1.07. The van der Waals surface area contributed by atoms with Crippen molar-refractivity contribution < 1.29 is 0 Å². The molecule has 1 N–H and O–H groups in total. The molecule has 0 spiro atoms. The minimum atomic E-state index is 0.813. The fraction of sp³-hybridized carbons (Fsp3) is 0.316. The minimum Gasteiger partial charge on any atom is -0.346 e. The molecule has 1 saturated heterocycles. The molecule has 0 unspecified atom stereocenters. The highest BCUT2D eigenvalue weighted by Crippen LogP contribution is 2.16. The van der Waals surface area contributed by atoms with Gasteiger partial charge in [-0.05, 0) is 54.5 Å². The van der Waals surface area contributed by atoms with Crippen molar-refractivity contribution in [2.75, 3.05) is 31.5 Å². The summed E-state index contributed by atoms with van der Waals surface area (Å²) in [5, 5.41) is 4.14. The number of hydrogen-bond donors (Lipinski definition) is 1. The van der Waals surface area contributed by atoms with E-state index < -0.39 is 0 Å². The summed E-state index contributed by atoms with van der Waals surface area (Å²) in [5.41, 5.74) is 3.82. The molecule has 24 heavy (non-hydrogen) atoms. The molecule has 0 aliphatic carbocycles. The molecule has 2 aromatic carbocycles. The van der Waals surface area contributed by atoms with E-state index >= 15 is 0 Å². The zero-order chi connectivity index (χ0) is 16.9. The van der Waals surface area contributed by atoms with Crippen LogP contribution in [0, 0.1) is 6.92 Å². The van der Waals surface area contributed by atoms with E-state index in [0.29, 0.717) is 0 Å². The molecule has 1 aliphatic heterocycles. The molecule has 0 bridgehead atoms. The molecule has 1 fully saturated rings. The van der Waals surface area contributed by atoms with E-state index in [4.69, 9.17) is 12.2 Å². The number of aryl methyl sites for hydroxylation is 1. The highest BCUT2D eigenvalue weighted by Gasteiger charge is 2.19. The highest BCUT2D eigenvalue weighted by molar-refractivity contribution is 9.10. The zero-order valence-corrected chi connectivity index (χ0v) is 16.2. The molecule has 0 atom stereocenters. The third-order valence-corrected chi connectivity index (χ3v) is 5.30. The molecule has 0 aromatic heterocycles. The fourth-order valence-corrected chi connectivity index (χ4v) is 3.44. The first-order valence-corrected chi connectivity index (χ1v) is 9.40. The van der Waals surface area contributed by atoms with Crippen LogP contribution in [0.4, 0.5) is 5.69 Å². The van der Waals surface area contributed by atoms with E-state index in [9.17, 15) is 0 Å². The van der Waals surface area contributed by atoms with Gasteiger partial charge >= 0.3 is 0 Å². The van der Waals surface area contributed by atoms with E-state index in [1.807, 2.05) is 24.3 Å². The average Bonchev–Trinajstić information content (AvgIpc) is 2.59. The molecule has 3 rings (SSSR count). The van der Waals surface area contributed by atoms with Gasteiger partial charge in [0.25, 0.3) is 0 Å². The number of nitrogens with zero attached hydrogens (tertiary/aromatic N) is 2. The van der Waals surface area contributed by atoms with Gasteiger partial charge in [0.2, 0.25) is 0 Å². The van der Waals surface area contributed by atoms with E-state index in [1.165, 1.54) is 11.1 Å². The Morgan fingerprint density at radius 1 is 1.04 bits per heavy atom. The molecule has 1 aliphatic rings. The third kappa shape index (κ3) is 4.56. The fourth-order valence-electron chi connectivity index (χ4n) is 2.87. The van der Waals surface area contributed by atoms with Crippen LogP contribution in [-0.4, -0.2) is 41.1 Å². The maximum atomic E-state index is 5.56. The second-order valence-corrected chi connectivity index (χ2v) is 7.43. The third-order valence-electron chi connectivity index (χ3n) is 4.41. The van der Waals surface area contributed by atoms with Crippen molar-refractivity contribution in [1.82, 2.24) is 9.80 Å². The monoisotopic (exact) mass is 403 g/mol. The van der Waals surface area contributed by atoms with Gasteiger partial charge in [-0.2, -0.15) is 0 Å². The highest BCUT2D eigenvalue weighted by atomic mass is 79.9. The Kier molecular flexibility index (Phi) is 5.87. The van der Waals surface area contributed by atoms with Crippen LogP contribution < -0.4 is 5.32 Å². The first kappa shape index (κ1) is 17.4. The van der Waals surface area contributed by atoms with E-state index in [0.717, 1.165) is 48.0 Å². The summed E-state index contributed by atoms with van der Waals surface area (Å²) >= 11 is 9.01. The standard InChI is InChI=1S/C19H22BrN3S/c1-15-4-2-3-5-16(15)14-22-10-12-23(13-11-22)19(24)21-18-8-6-17(20)7-9-18/h2-9H,10-14H2,1H3,(H,21,24). The van der Waals surface area contributed by atoms with E-state index in [-0.39, 0.29) is 0 Å². The van der Waals surface area contributed by atoms with Crippen molar-refractivity contribution in [1.29, 1.82) is 0 Å². The predicted molar refractivity (Wildman–Crippen MR) is 108 cm³/mol. The van der Waals surface area contributed by atoms with E-state index in [1.54, 1.807) is 0 Å². The number of anilines is 1. The van der Waals surface area contributed by atoms with Crippen LogP contribution in [0.15, 0.2) is 53.0 Å². The van der Waals surface area contributed by atoms with Crippen molar-refractivity contribution in [2.45, 2.75) is 13.5 Å². The van der Waals surface area contributed by atoms with Crippen LogP contribution in [0.25, 0.3) is 0 Å². The molecule has 0 radical (unpaired) electrons. The lowest BCUT2D eigenvalue weighted by molar-refractivity contribution is 0.176. The van der Waals surface area contributed by atoms with Gasteiger partial charge in [-0.3, -0.25) is 4.90 Å². The maximum Gasteiger partial charge on any atom is 0.173 e. The van der Waals surface area contributed by atoms with Gasteiger partial charge in [0, 0.05) is 42.9 Å². The van der Waals surface area contributed by atoms with Crippen LogP contribution in [0.3, 0.4) is 0 Å². The van der Waals surface area contributed by atoms with Crippen molar-refractivity contribution in [3.63, 3.8) is 0 Å². The number of hydrogen-bond acceptors (Lipinski definition) is 2. The minimum absolute atomic E-state index is 0.813. The van der Waals surface area contributed by atoms with E-state index in [2.05, 4.69) is 62.2 Å². The topological polar surface area (TPSA) is 18.5 Å². The molecule has 126 valence electrons. The smallest absolute Gasteiger partial charge is 0.173 e. The number of benzene rings is 2. The average molecular weight is 404 g/mol. The Morgan fingerprint density at radius 2 is 1.71 bits per heavy atom. The number of thiocarbonyl (C=S) groups is 1.